The maximum absolute atomic E-state index is 11.4. The van der Waals surface area contributed by atoms with Crippen molar-refractivity contribution in [2.75, 3.05) is 20.3 Å². The Morgan fingerprint density at radius 2 is 2.44 bits per heavy atom. The summed E-state index contributed by atoms with van der Waals surface area (Å²) in [5.74, 6) is -0.159. The van der Waals surface area contributed by atoms with Crippen LogP contribution in [0.25, 0.3) is 0 Å². The second kappa shape index (κ2) is 7.21. The van der Waals surface area contributed by atoms with E-state index in [9.17, 15) is 4.79 Å². The zero-order valence-electron chi connectivity index (χ0n) is 9.03. The number of methoxy groups -OCH3 is 1. The third kappa shape index (κ3) is 4.77. The lowest BCUT2D eigenvalue weighted by Crippen LogP contribution is -2.44. The molecule has 1 aromatic heterocycles. The van der Waals surface area contributed by atoms with Crippen LogP contribution in [0.4, 0.5) is 0 Å². The number of thiophene rings is 1. The van der Waals surface area contributed by atoms with E-state index in [-0.39, 0.29) is 12.5 Å². The minimum Gasteiger partial charge on any atom is -0.383 e. The molecule has 16 heavy (non-hydrogen) atoms. The monoisotopic (exact) mass is 354 g/mol. The van der Waals surface area contributed by atoms with Gasteiger partial charge in [-0.2, -0.15) is 0 Å². The quantitative estimate of drug-likeness (QED) is 0.749. The number of nitrogens with two attached hydrogens (primary N) is 1. The molecule has 6 heteroatoms. The van der Waals surface area contributed by atoms with Gasteiger partial charge in [-0.05, 0) is 41.1 Å². The summed E-state index contributed by atoms with van der Waals surface area (Å²) in [6, 6.07) is 3.57. The number of carbonyl (C=O) groups excluding carboxylic acids is 1. The Balaban J connectivity index is 2.22. The van der Waals surface area contributed by atoms with Crippen molar-refractivity contribution in [3.8, 4) is 0 Å². The first-order valence-electron chi connectivity index (χ1n) is 4.90. The molecule has 0 aliphatic carbocycles. The van der Waals surface area contributed by atoms with Gasteiger partial charge in [-0.3, -0.25) is 4.79 Å². The second-order valence-electron chi connectivity index (χ2n) is 3.31. The highest BCUT2D eigenvalue weighted by molar-refractivity contribution is 14.1. The molecule has 0 fully saturated rings. The Labute approximate surface area is 113 Å². The SMILES string of the molecule is COCC(N)C(=O)NCCc1ccc(I)s1. The van der Waals surface area contributed by atoms with Crippen molar-refractivity contribution in [1.29, 1.82) is 0 Å². The van der Waals surface area contributed by atoms with Crippen LogP contribution in [0.3, 0.4) is 0 Å². The van der Waals surface area contributed by atoms with Gasteiger partial charge in [0.05, 0.1) is 9.49 Å². The van der Waals surface area contributed by atoms with Crippen LogP contribution < -0.4 is 11.1 Å². The van der Waals surface area contributed by atoms with Gasteiger partial charge < -0.3 is 15.8 Å². The fourth-order valence-corrected chi connectivity index (χ4v) is 2.94. The van der Waals surface area contributed by atoms with Crippen molar-refractivity contribution >= 4 is 39.8 Å². The number of carbonyl (C=O) groups is 1. The minimum atomic E-state index is -0.575. The average Bonchev–Trinajstić information content (AvgIpc) is 2.64. The van der Waals surface area contributed by atoms with Crippen molar-refractivity contribution in [2.45, 2.75) is 12.5 Å². The summed E-state index contributed by atoms with van der Waals surface area (Å²) in [5.41, 5.74) is 5.58. The molecular weight excluding hydrogens is 339 g/mol. The molecule has 0 aromatic carbocycles. The number of nitrogens with one attached hydrogen (secondary N) is 1. The average molecular weight is 354 g/mol. The van der Waals surface area contributed by atoms with E-state index in [0.29, 0.717) is 6.54 Å². The maximum Gasteiger partial charge on any atom is 0.239 e. The largest absolute Gasteiger partial charge is 0.383 e. The van der Waals surface area contributed by atoms with E-state index in [0.717, 1.165) is 6.42 Å². The molecule has 0 bridgehead atoms. The normalized spacial score (nSPS) is 12.4. The molecular formula is C10H15IN2O2S. The molecule has 0 aliphatic heterocycles. The van der Waals surface area contributed by atoms with Gasteiger partial charge in [0.25, 0.3) is 0 Å². The van der Waals surface area contributed by atoms with Gasteiger partial charge in [-0.1, -0.05) is 0 Å². The molecule has 0 spiro atoms. The van der Waals surface area contributed by atoms with Gasteiger partial charge >= 0.3 is 0 Å². The number of rotatable bonds is 6. The van der Waals surface area contributed by atoms with Crippen LogP contribution in [0.15, 0.2) is 12.1 Å². The number of ether oxygens (including phenoxy) is 1. The molecule has 1 rings (SSSR count). The van der Waals surface area contributed by atoms with E-state index in [4.69, 9.17) is 10.5 Å². The lowest BCUT2D eigenvalue weighted by atomic mass is 10.3. The predicted molar refractivity (Wildman–Crippen MR) is 73.6 cm³/mol. The van der Waals surface area contributed by atoms with Crippen LogP contribution in [0.1, 0.15) is 4.88 Å². The molecule has 0 saturated carbocycles. The van der Waals surface area contributed by atoms with Gasteiger partial charge in [0.2, 0.25) is 5.91 Å². The summed E-state index contributed by atoms with van der Waals surface area (Å²) in [4.78, 5) is 12.7. The standard InChI is InChI=1S/C10H15IN2O2S/c1-15-6-8(12)10(14)13-5-4-7-2-3-9(11)16-7/h2-3,8H,4-6,12H2,1H3,(H,13,14). The Kier molecular flexibility index (Phi) is 6.25. The van der Waals surface area contributed by atoms with Crippen molar-refractivity contribution in [2.24, 2.45) is 5.73 Å². The van der Waals surface area contributed by atoms with Gasteiger partial charge in [0.1, 0.15) is 6.04 Å². The highest BCUT2D eigenvalue weighted by Crippen LogP contribution is 2.18. The molecule has 0 radical (unpaired) electrons. The second-order valence-corrected chi connectivity index (χ2v) is 6.37. The third-order valence-electron chi connectivity index (χ3n) is 1.98. The number of hydrogen-bond donors (Lipinski definition) is 2. The van der Waals surface area contributed by atoms with Crippen LogP contribution >= 0.6 is 33.9 Å². The number of amides is 1. The Hall–Kier alpha value is -0.180. The first-order chi connectivity index (χ1) is 7.63. The number of hydrogen-bond acceptors (Lipinski definition) is 4. The molecule has 1 atom stereocenters. The Morgan fingerprint density at radius 1 is 1.69 bits per heavy atom. The highest BCUT2D eigenvalue weighted by Gasteiger charge is 2.11. The molecule has 0 saturated heterocycles. The summed E-state index contributed by atoms with van der Waals surface area (Å²) in [6.07, 6.45) is 0.846. The van der Waals surface area contributed by atoms with Crippen LogP contribution in [0, 0.1) is 2.88 Å². The first-order valence-corrected chi connectivity index (χ1v) is 6.79. The predicted octanol–water partition coefficient (Wildman–Crippen LogP) is 0.985. The van der Waals surface area contributed by atoms with Crippen molar-refractivity contribution < 1.29 is 9.53 Å². The summed E-state index contributed by atoms with van der Waals surface area (Å²) in [7, 11) is 1.53. The van der Waals surface area contributed by atoms with E-state index in [1.807, 2.05) is 0 Å². The maximum atomic E-state index is 11.4. The molecule has 0 aliphatic rings. The highest BCUT2D eigenvalue weighted by atomic mass is 127. The first kappa shape index (κ1) is 13.9. The van der Waals surface area contributed by atoms with Crippen LogP contribution in [-0.2, 0) is 16.0 Å². The van der Waals surface area contributed by atoms with E-state index in [1.54, 1.807) is 11.3 Å². The van der Waals surface area contributed by atoms with Gasteiger partial charge in [-0.15, -0.1) is 11.3 Å². The molecule has 1 aromatic rings. The topological polar surface area (TPSA) is 64.3 Å². The lowest BCUT2D eigenvalue weighted by Gasteiger charge is -2.10. The van der Waals surface area contributed by atoms with E-state index >= 15 is 0 Å². The Bertz CT molecular complexity index is 343. The van der Waals surface area contributed by atoms with Crippen molar-refractivity contribution in [3.63, 3.8) is 0 Å². The molecule has 90 valence electrons. The summed E-state index contributed by atoms with van der Waals surface area (Å²) >= 11 is 4.02. The molecule has 1 unspecified atom stereocenters. The van der Waals surface area contributed by atoms with Crippen LogP contribution in [0.5, 0.6) is 0 Å². The summed E-state index contributed by atoms with van der Waals surface area (Å²) in [6.45, 7) is 0.871. The van der Waals surface area contributed by atoms with Gasteiger partial charge in [0, 0.05) is 18.5 Å². The van der Waals surface area contributed by atoms with E-state index in [1.165, 1.54) is 14.9 Å². The fourth-order valence-electron chi connectivity index (χ4n) is 1.18. The zero-order valence-corrected chi connectivity index (χ0v) is 12.0. The van der Waals surface area contributed by atoms with E-state index < -0.39 is 6.04 Å². The van der Waals surface area contributed by atoms with Crippen molar-refractivity contribution in [3.05, 3.63) is 19.9 Å². The van der Waals surface area contributed by atoms with Crippen LogP contribution in [0.2, 0.25) is 0 Å². The molecule has 1 amide bonds. The zero-order chi connectivity index (χ0) is 12.0. The Morgan fingerprint density at radius 3 is 3.00 bits per heavy atom. The van der Waals surface area contributed by atoms with Gasteiger partial charge in [0.15, 0.2) is 0 Å². The summed E-state index contributed by atoms with van der Waals surface area (Å²) < 4.78 is 6.07. The lowest BCUT2D eigenvalue weighted by molar-refractivity contribution is -0.123. The summed E-state index contributed by atoms with van der Waals surface area (Å²) in [5, 5.41) is 2.79. The molecule has 3 N–H and O–H groups in total. The minimum absolute atomic E-state index is 0.159. The number of halogens is 1. The molecule has 1 heterocycles. The smallest absolute Gasteiger partial charge is 0.239 e. The van der Waals surface area contributed by atoms with Gasteiger partial charge in [-0.25, -0.2) is 0 Å². The fraction of sp³-hybridized carbons (Fsp3) is 0.500. The van der Waals surface area contributed by atoms with Crippen LogP contribution in [-0.4, -0.2) is 32.2 Å². The molecule has 4 nitrogen and oxygen atoms in total. The van der Waals surface area contributed by atoms with E-state index in [2.05, 4.69) is 40.0 Å². The third-order valence-corrected chi connectivity index (χ3v) is 3.94. The van der Waals surface area contributed by atoms with Crippen molar-refractivity contribution in [1.82, 2.24) is 5.32 Å².